The Hall–Kier alpha value is -1.98. The van der Waals surface area contributed by atoms with Gasteiger partial charge in [-0.15, -0.1) is 0 Å². The molecule has 1 fully saturated rings. The lowest BCUT2D eigenvalue weighted by atomic mass is 9.84. The van der Waals surface area contributed by atoms with Crippen molar-refractivity contribution in [2.75, 3.05) is 13.1 Å². The summed E-state index contributed by atoms with van der Waals surface area (Å²) < 4.78 is 33.6. The lowest BCUT2D eigenvalue weighted by molar-refractivity contribution is 0.0346. The van der Waals surface area contributed by atoms with Crippen molar-refractivity contribution in [1.82, 2.24) is 4.90 Å². The summed E-state index contributed by atoms with van der Waals surface area (Å²) in [6, 6.07) is 12.0. The van der Waals surface area contributed by atoms with Crippen LogP contribution < -0.4 is 10.5 Å². The van der Waals surface area contributed by atoms with Crippen molar-refractivity contribution in [3.05, 3.63) is 65.2 Å². The van der Waals surface area contributed by atoms with E-state index in [1.807, 2.05) is 12.1 Å². The maximum atomic E-state index is 14.2. The zero-order valence-corrected chi connectivity index (χ0v) is 14.7. The lowest BCUT2D eigenvalue weighted by Crippen LogP contribution is -2.51. The van der Waals surface area contributed by atoms with Gasteiger partial charge in [-0.2, -0.15) is 0 Å². The Morgan fingerprint density at radius 3 is 2.73 bits per heavy atom. The standard InChI is InChI=1S/C21H24F2N2O/c22-15-8-10-20(18(23)12-15)26-21-17-6-2-1-4-14(17)7-9-19(21)25-11-3-5-16(24)13-25/h1-2,4,6,8,10,12,16,19,21H,3,5,7,9,11,13,24H2/t16-,19+,21+/m1/s1. The van der Waals surface area contributed by atoms with Gasteiger partial charge in [-0.25, -0.2) is 8.78 Å². The van der Waals surface area contributed by atoms with E-state index in [0.717, 1.165) is 50.4 Å². The first-order valence-electron chi connectivity index (χ1n) is 9.31. The molecule has 4 rings (SSSR count). The highest BCUT2D eigenvalue weighted by Gasteiger charge is 2.37. The average Bonchev–Trinajstić information content (AvgIpc) is 2.64. The molecule has 1 saturated heterocycles. The van der Waals surface area contributed by atoms with E-state index in [1.54, 1.807) is 0 Å². The fourth-order valence-corrected chi connectivity index (χ4v) is 4.27. The highest BCUT2D eigenvalue weighted by molar-refractivity contribution is 5.35. The molecular weight excluding hydrogens is 334 g/mol. The van der Waals surface area contributed by atoms with Crippen molar-refractivity contribution in [3.8, 4) is 5.75 Å². The minimum absolute atomic E-state index is 0.0967. The van der Waals surface area contributed by atoms with Gasteiger partial charge in [0.05, 0.1) is 6.04 Å². The van der Waals surface area contributed by atoms with Gasteiger partial charge in [-0.05, 0) is 55.5 Å². The van der Waals surface area contributed by atoms with Crippen LogP contribution in [0.25, 0.3) is 0 Å². The second kappa shape index (κ2) is 7.33. The molecule has 0 aromatic heterocycles. The van der Waals surface area contributed by atoms with Crippen molar-refractivity contribution in [2.24, 2.45) is 5.73 Å². The van der Waals surface area contributed by atoms with Gasteiger partial charge >= 0.3 is 0 Å². The summed E-state index contributed by atoms with van der Waals surface area (Å²) in [5, 5.41) is 0. The molecule has 0 radical (unpaired) electrons. The minimum Gasteiger partial charge on any atom is -0.481 e. The second-order valence-corrected chi connectivity index (χ2v) is 7.32. The third-order valence-electron chi connectivity index (χ3n) is 5.53. The molecule has 3 atom stereocenters. The van der Waals surface area contributed by atoms with Crippen LogP contribution in [0.5, 0.6) is 5.75 Å². The number of nitrogens with zero attached hydrogens (tertiary/aromatic N) is 1. The normalized spacial score (nSPS) is 26.3. The van der Waals surface area contributed by atoms with E-state index in [0.29, 0.717) is 0 Å². The summed E-state index contributed by atoms with van der Waals surface area (Å²) >= 11 is 0. The first-order valence-corrected chi connectivity index (χ1v) is 9.31. The Labute approximate surface area is 152 Å². The quantitative estimate of drug-likeness (QED) is 0.906. The number of hydrogen-bond donors (Lipinski definition) is 1. The van der Waals surface area contributed by atoms with Crippen LogP contribution in [0.1, 0.15) is 36.5 Å². The van der Waals surface area contributed by atoms with Gasteiger partial charge in [-0.3, -0.25) is 4.90 Å². The van der Waals surface area contributed by atoms with Gasteiger partial charge in [0.15, 0.2) is 11.6 Å². The summed E-state index contributed by atoms with van der Waals surface area (Å²) in [5.41, 5.74) is 8.50. The number of likely N-dealkylation sites (tertiary alicyclic amines) is 1. The molecule has 0 bridgehead atoms. The molecule has 2 N–H and O–H groups in total. The first-order chi connectivity index (χ1) is 12.6. The van der Waals surface area contributed by atoms with Gasteiger partial charge in [0.1, 0.15) is 11.9 Å². The van der Waals surface area contributed by atoms with E-state index in [1.165, 1.54) is 17.7 Å². The highest BCUT2D eigenvalue weighted by atomic mass is 19.1. The van der Waals surface area contributed by atoms with Gasteiger partial charge in [-0.1, -0.05) is 24.3 Å². The number of aryl methyl sites for hydroxylation is 1. The molecule has 26 heavy (non-hydrogen) atoms. The predicted octanol–water partition coefficient (Wildman–Crippen LogP) is 3.82. The summed E-state index contributed by atoms with van der Waals surface area (Å²) in [6.07, 6.45) is 3.73. The van der Waals surface area contributed by atoms with Gasteiger partial charge < -0.3 is 10.5 Å². The molecule has 1 heterocycles. The Kier molecular flexibility index (Phi) is 4.92. The van der Waals surface area contributed by atoms with E-state index in [9.17, 15) is 8.78 Å². The van der Waals surface area contributed by atoms with Crippen LogP contribution in [0.2, 0.25) is 0 Å². The smallest absolute Gasteiger partial charge is 0.168 e. The Balaban J connectivity index is 1.67. The number of piperidine rings is 1. The monoisotopic (exact) mass is 358 g/mol. The van der Waals surface area contributed by atoms with Crippen LogP contribution >= 0.6 is 0 Å². The van der Waals surface area contributed by atoms with Crippen LogP contribution in [0.4, 0.5) is 8.78 Å². The molecule has 0 spiro atoms. The molecule has 138 valence electrons. The van der Waals surface area contributed by atoms with Gasteiger partial charge in [0.2, 0.25) is 0 Å². The maximum Gasteiger partial charge on any atom is 0.168 e. The van der Waals surface area contributed by atoms with Crippen molar-refractivity contribution in [1.29, 1.82) is 0 Å². The van der Waals surface area contributed by atoms with E-state index in [4.69, 9.17) is 10.5 Å². The summed E-state index contributed by atoms with van der Waals surface area (Å²) in [4.78, 5) is 2.39. The summed E-state index contributed by atoms with van der Waals surface area (Å²) in [6.45, 7) is 1.81. The zero-order chi connectivity index (χ0) is 18.1. The van der Waals surface area contributed by atoms with Crippen molar-refractivity contribution < 1.29 is 13.5 Å². The third kappa shape index (κ3) is 3.46. The minimum atomic E-state index is -0.665. The zero-order valence-electron chi connectivity index (χ0n) is 14.7. The fourth-order valence-electron chi connectivity index (χ4n) is 4.27. The molecule has 3 nitrogen and oxygen atoms in total. The highest BCUT2D eigenvalue weighted by Crippen LogP contribution is 2.38. The molecule has 2 aliphatic rings. The molecule has 1 aliphatic heterocycles. The number of ether oxygens (including phenoxy) is 1. The molecule has 5 heteroatoms. The first kappa shape index (κ1) is 17.4. The lowest BCUT2D eigenvalue weighted by Gasteiger charge is -2.43. The number of fused-ring (bicyclic) bond motifs is 1. The Morgan fingerprint density at radius 2 is 1.92 bits per heavy atom. The van der Waals surface area contributed by atoms with Crippen LogP contribution in [-0.4, -0.2) is 30.1 Å². The molecule has 1 aliphatic carbocycles. The van der Waals surface area contributed by atoms with Crippen LogP contribution in [-0.2, 0) is 6.42 Å². The van der Waals surface area contributed by atoms with Crippen LogP contribution in [0.15, 0.2) is 42.5 Å². The topological polar surface area (TPSA) is 38.5 Å². The van der Waals surface area contributed by atoms with Crippen molar-refractivity contribution in [3.63, 3.8) is 0 Å². The molecule has 2 aromatic carbocycles. The summed E-state index contributed by atoms with van der Waals surface area (Å²) in [7, 11) is 0. The number of rotatable bonds is 3. The maximum absolute atomic E-state index is 14.2. The third-order valence-corrected chi connectivity index (χ3v) is 5.53. The Morgan fingerprint density at radius 1 is 1.08 bits per heavy atom. The molecule has 0 amide bonds. The number of nitrogens with two attached hydrogens (primary N) is 1. The fraction of sp³-hybridized carbons (Fsp3) is 0.429. The van der Waals surface area contributed by atoms with Gasteiger partial charge in [0, 0.05) is 18.7 Å². The molecular formula is C21H24F2N2O. The summed E-state index contributed by atoms with van der Waals surface area (Å²) in [5.74, 6) is -1.17. The van der Waals surface area contributed by atoms with E-state index < -0.39 is 11.6 Å². The van der Waals surface area contributed by atoms with Crippen molar-refractivity contribution >= 4 is 0 Å². The largest absolute Gasteiger partial charge is 0.481 e. The van der Waals surface area contributed by atoms with Crippen LogP contribution in [0.3, 0.4) is 0 Å². The second-order valence-electron chi connectivity index (χ2n) is 7.32. The van der Waals surface area contributed by atoms with Gasteiger partial charge in [0.25, 0.3) is 0 Å². The molecule has 2 aromatic rings. The Bertz CT molecular complexity index is 782. The predicted molar refractivity (Wildman–Crippen MR) is 97.1 cm³/mol. The number of hydrogen-bond acceptors (Lipinski definition) is 3. The van der Waals surface area contributed by atoms with E-state index >= 15 is 0 Å². The number of halogens is 2. The molecule has 0 saturated carbocycles. The SMILES string of the molecule is N[C@@H]1CCCN([C@H]2CCc3ccccc3[C@@H]2Oc2ccc(F)cc2F)C1. The molecule has 0 unspecified atom stereocenters. The average molecular weight is 358 g/mol. The number of benzene rings is 2. The van der Waals surface area contributed by atoms with E-state index in [2.05, 4.69) is 17.0 Å². The van der Waals surface area contributed by atoms with Crippen LogP contribution in [0, 0.1) is 11.6 Å². The van der Waals surface area contributed by atoms with E-state index in [-0.39, 0.29) is 23.9 Å². The van der Waals surface area contributed by atoms with Crippen molar-refractivity contribution in [2.45, 2.75) is 43.9 Å².